The van der Waals surface area contributed by atoms with Crippen molar-refractivity contribution in [2.45, 2.75) is 58.7 Å². The molecule has 3 aromatic carbocycles. The number of carbonyl (C=O) groups is 2. The Balaban J connectivity index is 1.37. The molecule has 204 valence electrons. The average molecular weight is 526 g/mol. The number of benzene rings is 3. The number of carbonyl (C=O) groups excluding carboxylic acids is 2. The molecule has 0 spiro atoms. The summed E-state index contributed by atoms with van der Waals surface area (Å²) in [7, 11) is 1.68. The van der Waals surface area contributed by atoms with Gasteiger partial charge in [-0.1, -0.05) is 68.4 Å². The van der Waals surface area contributed by atoms with Crippen LogP contribution < -0.4 is 15.4 Å². The summed E-state index contributed by atoms with van der Waals surface area (Å²) in [6.45, 7) is 7.89. The second-order valence-corrected chi connectivity index (χ2v) is 11.2. The van der Waals surface area contributed by atoms with E-state index in [4.69, 9.17) is 4.74 Å². The van der Waals surface area contributed by atoms with Gasteiger partial charge in [-0.05, 0) is 77.1 Å². The maximum Gasteiger partial charge on any atom is 0.317 e. The first kappa shape index (κ1) is 26.8. The van der Waals surface area contributed by atoms with Gasteiger partial charge in [0.1, 0.15) is 5.75 Å². The first-order valence-electron chi connectivity index (χ1n) is 14.0. The van der Waals surface area contributed by atoms with Crippen LogP contribution in [0.1, 0.15) is 55.4 Å². The zero-order valence-electron chi connectivity index (χ0n) is 23.4. The van der Waals surface area contributed by atoms with Crippen molar-refractivity contribution >= 4 is 11.9 Å². The lowest BCUT2D eigenvalue weighted by molar-refractivity contribution is -0.122. The highest BCUT2D eigenvalue weighted by atomic mass is 16.5. The Morgan fingerprint density at radius 3 is 2.54 bits per heavy atom. The molecule has 1 unspecified atom stereocenters. The van der Waals surface area contributed by atoms with Crippen molar-refractivity contribution in [3.05, 3.63) is 89.0 Å². The molecule has 2 aliphatic rings. The Hall–Kier alpha value is -3.80. The van der Waals surface area contributed by atoms with Gasteiger partial charge in [0.15, 0.2) is 0 Å². The zero-order chi connectivity index (χ0) is 27.5. The molecule has 0 saturated heterocycles. The van der Waals surface area contributed by atoms with Crippen LogP contribution in [0.15, 0.2) is 66.7 Å². The van der Waals surface area contributed by atoms with Crippen LogP contribution in [0.2, 0.25) is 0 Å². The number of amides is 3. The molecule has 3 atom stereocenters. The van der Waals surface area contributed by atoms with Gasteiger partial charge in [0, 0.05) is 31.6 Å². The molecule has 6 nitrogen and oxygen atoms in total. The highest BCUT2D eigenvalue weighted by Gasteiger charge is 2.43. The summed E-state index contributed by atoms with van der Waals surface area (Å²) >= 11 is 0. The first-order chi connectivity index (χ1) is 18.9. The Morgan fingerprint density at radius 2 is 1.79 bits per heavy atom. The van der Waals surface area contributed by atoms with E-state index in [2.05, 4.69) is 60.9 Å². The molecule has 1 aliphatic carbocycles. The van der Waals surface area contributed by atoms with Crippen molar-refractivity contribution in [3.63, 3.8) is 0 Å². The molecular weight excluding hydrogens is 486 g/mol. The average Bonchev–Trinajstić information content (AvgIpc) is 3.77. The molecule has 1 fully saturated rings. The number of hydrogen-bond acceptors (Lipinski definition) is 3. The predicted octanol–water partition coefficient (Wildman–Crippen LogP) is 5.89. The smallest absolute Gasteiger partial charge is 0.317 e. The molecule has 5 rings (SSSR count). The maximum atomic E-state index is 13.1. The van der Waals surface area contributed by atoms with Crippen molar-refractivity contribution in [2.24, 2.45) is 11.8 Å². The minimum absolute atomic E-state index is 0.0269. The number of fused-ring (bicyclic) bond motifs is 1. The number of urea groups is 1. The number of methoxy groups -OCH3 is 1. The Kier molecular flexibility index (Phi) is 7.92. The number of nitrogens with zero attached hydrogens (tertiary/aromatic N) is 1. The van der Waals surface area contributed by atoms with Gasteiger partial charge >= 0.3 is 6.03 Å². The highest BCUT2D eigenvalue weighted by Crippen LogP contribution is 2.47. The zero-order valence-corrected chi connectivity index (χ0v) is 23.4. The third-order valence-electron chi connectivity index (χ3n) is 8.34. The molecule has 3 aromatic rings. The number of rotatable bonds is 8. The van der Waals surface area contributed by atoms with E-state index in [1.165, 1.54) is 11.1 Å². The fourth-order valence-electron chi connectivity index (χ4n) is 5.46. The van der Waals surface area contributed by atoms with E-state index in [-0.39, 0.29) is 23.9 Å². The highest BCUT2D eigenvalue weighted by molar-refractivity contribution is 5.83. The van der Waals surface area contributed by atoms with Crippen molar-refractivity contribution in [1.82, 2.24) is 15.5 Å². The van der Waals surface area contributed by atoms with Crippen LogP contribution in [0.3, 0.4) is 0 Å². The fourth-order valence-corrected chi connectivity index (χ4v) is 5.46. The van der Waals surface area contributed by atoms with Crippen LogP contribution in [0.4, 0.5) is 4.79 Å². The normalized spacial score (nSPS) is 18.7. The molecule has 3 amide bonds. The second-order valence-electron chi connectivity index (χ2n) is 11.2. The van der Waals surface area contributed by atoms with Gasteiger partial charge in [-0.2, -0.15) is 0 Å². The molecule has 1 aliphatic heterocycles. The van der Waals surface area contributed by atoms with Gasteiger partial charge in [0.2, 0.25) is 5.91 Å². The van der Waals surface area contributed by atoms with Gasteiger partial charge in [-0.15, -0.1) is 0 Å². The van der Waals surface area contributed by atoms with E-state index in [0.29, 0.717) is 31.5 Å². The molecule has 39 heavy (non-hydrogen) atoms. The van der Waals surface area contributed by atoms with Crippen LogP contribution in [-0.2, 0) is 24.3 Å². The summed E-state index contributed by atoms with van der Waals surface area (Å²) in [5, 5.41) is 6.36. The minimum atomic E-state index is -0.0349. The van der Waals surface area contributed by atoms with Crippen molar-refractivity contribution < 1.29 is 14.3 Å². The SMILES string of the molecule is COc1cccc(-c2ccc(CNC(=O)[C@@H]3C[C@H]3c3ccccc3)c3c2CCN(C(=O)NC(C)C(C)C)C3)c1. The second kappa shape index (κ2) is 11.5. The summed E-state index contributed by atoms with van der Waals surface area (Å²) in [4.78, 5) is 28.1. The van der Waals surface area contributed by atoms with Gasteiger partial charge in [0.05, 0.1) is 7.11 Å². The quantitative estimate of drug-likeness (QED) is 0.385. The van der Waals surface area contributed by atoms with Crippen LogP contribution >= 0.6 is 0 Å². The molecule has 6 heteroatoms. The third-order valence-corrected chi connectivity index (χ3v) is 8.34. The van der Waals surface area contributed by atoms with E-state index >= 15 is 0 Å². The lowest BCUT2D eigenvalue weighted by Crippen LogP contribution is -2.47. The Labute approximate surface area is 231 Å². The molecule has 1 saturated carbocycles. The first-order valence-corrected chi connectivity index (χ1v) is 14.0. The van der Waals surface area contributed by atoms with Crippen LogP contribution in [-0.4, -0.2) is 36.5 Å². The van der Waals surface area contributed by atoms with Gasteiger partial charge in [-0.25, -0.2) is 4.79 Å². The van der Waals surface area contributed by atoms with Crippen molar-refractivity contribution in [3.8, 4) is 16.9 Å². The van der Waals surface area contributed by atoms with Gasteiger partial charge in [0.25, 0.3) is 0 Å². The van der Waals surface area contributed by atoms with E-state index in [1.807, 2.05) is 42.2 Å². The third kappa shape index (κ3) is 5.95. The lowest BCUT2D eigenvalue weighted by Gasteiger charge is -2.33. The van der Waals surface area contributed by atoms with Crippen LogP contribution in [0.25, 0.3) is 11.1 Å². The molecule has 2 N–H and O–H groups in total. The monoisotopic (exact) mass is 525 g/mol. The van der Waals surface area contributed by atoms with Gasteiger partial charge in [-0.3, -0.25) is 4.79 Å². The van der Waals surface area contributed by atoms with E-state index in [1.54, 1.807) is 7.11 Å². The van der Waals surface area contributed by atoms with E-state index < -0.39 is 0 Å². The molecule has 0 radical (unpaired) electrons. The Morgan fingerprint density at radius 1 is 1.00 bits per heavy atom. The number of nitrogens with one attached hydrogen (secondary N) is 2. The molecule has 1 heterocycles. The van der Waals surface area contributed by atoms with Crippen LogP contribution in [0.5, 0.6) is 5.75 Å². The lowest BCUT2D eigenvalue weighted by atomic mass is 9.87. The summed E-state index contributed by atoms with van der Waals surface area (Å²) in [5.74, 6) is 1.61. The topological polar surface area (TPSA) is 70.7 Å². The summed E-state index contributed by atoms with van der Waals surface area (Å²) in [6.07, 6.45) is 1.65. The van der Waals surface area contributed by atoms with E-state index in [9.17, 15) is 9.59 Å². The summed E-state index contributed by atoms with van der Waals surface area (Å²) < 4.78 is 5.47. The maximum absolute atomic E-state index is 13.1. The summed E-state index contributed by atoms with van der Waals surface area (Å²) in [6, 6.07) is 22.7. The van der Waals surface area contributed by atoms with Gasteiger partial charge < -0.3 is 20.3 Å². The summed E-state index contributed by atoms with van der Waals surface area (Å²) in [5.41, 5.74) is 6.91. The minimum Gasteiger partial charge on any atom is -0.497 e. The molecule has 0 bridgehead atoms. The number of ether oxygens (including phenoxy) is 1. The van der Waals surface area contributed by atoms with Crippen LogP contribution in [0, 0.1) is 11.8 Å². The largest absolute Gasteiger partial charge is 0.497 e. The predicted molar refractivity (Wildman–Crippen MR) is 155 cm³/mol. The number of hydrogen-bond donors (Lipinski definition) is 2. The molecule has 0 aromatic heterocycles. The Bertz CT molecular complexity index is 1340. The fraction of sp³-hybridized carbons (Fsp3) is 0.394. The standard InChI is InChI=1S/C33H39N3O3/c1-21(2)22(3)35-33(38)36-16-15-28-27(24-11-8-12-26(17-24)39-4)14-13-25(31(28)20-36)19-34-32(37)30-18-29(30)23-9-6-5-7-10-23/h5-14,17,21-22,29-30H,15-16,18-20H2,1-4H3,(H,34,37)(H,35,38)/t22?,29-,30+/m0/s1. The van der Waals surface area contributed by atoms with Crippen molar-refractivity contribution in [1.29, 1.82) is 0 Å². The van der Waals surface area contributed by atoms with E-state index in [0.717, 1.165) is 40.8 Å². The molecular formula is C33H39N3O3. The van der Waals surface area contributed by atoms with Crippen molar-refractivity contribution in [2.75, 3.05) is 13.7 Å².